The molecule has 2 rings (SSSR count). The van der Waals surface area contributed by atoms with Crippen molar-refractivity contribution in [1.29, 1.82) is 10.5 Å². The minimum absolute atomic E-state index is 0.0272. The first-order valence-electron chi connectivity index (χ1n) is 6.21. The minimum Gasteiger partial charge on any atom is -0.467 e. The molecule has 0 aromatic heterocycles. The fourth-order valence-corrected chi connectivity index (χ4v) is 2.41. The number of allylic oxidation sites excluding steroid dienone is 1. The largest absolute Gasteiger partial charge is 0.467 e. The van der Waals surface area contributed by atoms with Crippen molar-refractivity contribution < 1.29 is 4.74 Å². The number of hydrogen-bond acceptors (Lipinski definition) is 4. The Hall–Kier alpha value is -2.46. The van der Waals surface area contributed by atoms with E-state index in [1.165, 1.54) is 0 Å². The number of ether oxygens (including phenoxy) is 1. The zero-order chi connectivity index (χ0) is 13.8. The molecule has 0 spiro atoms. The van der Waals surface area contributed by atoms with Gasteiger partial charge in [0, 0.05) is 7.05 Å². The highest BCUT2D eigenvalue weighted by Gasteiger charge is 2.38. The standard InChI is InChI=1S/C15H15N3O/c1-3-13-14(11-7-5-4-6-8-11)19-15(18(13)2)12(9-16)10-17/h4-8,13-14H,3H2,1-2H3/t13-,14-/m1/s1. The molecule has 1 aliphatic heterocycles. The number of likely N-dealkylation sites (N-methyl/N-ethyl adjacent to an activating group) is 1. The van der Waals surface area contributed by atoms with Crippen molar-refractivity contribution in [2.24, 2.45) is 0 Å². The van der Waals surface area contributed by atoms with Gasteiger partial charge in [0.05, 0.1) is 6.04 Å². The first kappa shape index (κ1) is 13.0. The lowest BCUT2D eigenvalue weighted by molar-refractivity contribution is 0.149. The second kappa shape index (κ2) is 5.46. The van der Waals surface area contributed by atoms with Crippen LogP contribution in [0.2, 0.25) is 0 Å². The average molecular weight is 253 g/mol. The minimum atomic E-state index is -0.136. The van der Waals surface area contributed by atoms with E-state index in [2.05, 4.69) is 6.92 Å². The monoisotopic (exact) mass is 253 g/mol. The van der Waals surface area contributed by atoms with Crippen LogP contribution in [-0.2, 0) is 4.74 Å². The summed E-state index contributed by atoms with van der Waals surface area (Å²) in [6.07, 6.45) is 0.742. The first-order chi connectivity index (χ1) is 9.22. The summed E-state index contributed by atoms with van der Waals surface area (Å²) in [4.78, 5) is 1.89. The highest BCUT2D eigenvalue weighted by atomic mass is 16.5. The van der Waals surface area contributed by atoms with Crippen molar-refractivity contribution in [1.82, 2.24) is 4.90 Å². The van der Waals surface area contributed by atoms with E-state index in [9.17, 15) is 0 Å². The molecule has 0 radical (unpaired) electrons. The molecule has 1 saturated heterocycles. The zero-order valence-electron chi connectivity index (χ0n) is 11.0. The van der Waals surface area contributed by atoms with Gasteiger partial charge in [-0.05, 0) is 12.0 Å². The van der Waals surface area contributed by atoms with E-state index in [4.69, 9.17) is 15.3 Å². The molecule has 0 aliphatic carbocycles. The number of benzene rings is 1. The number of nitrogens with zero attached hydrogens (tertiary/aromatic N) is 3. The SMILES string of the molecule is CC[C@@H]1[C@@H](c2ccccc2)OC(=C(C#N)C#N)N1C. The number of nitriles is 2. The Labute approximate surface area is 113 Å². The lowest BCUT2D eigenvalue weighted by Gasteiger charge is -2.21. The fraction of sp³-hybridized carbons (Fsp3) is 0.333. The highest BCUT2D eigenvalue weighted by Crippen LogP contribution is 2.38. The summed E-state index contributed by atoms with van der Waals surface area (Å²) in [5.74, 6) is 0.380. The molecule has 1 heterocycles. The quantitative estimate of drug-likeness (QED) is 0.760. The van der Waals surface area contributed by atoms with E-state index in [1.54, 1.807) is 0 Å². The topological polar surface area (TPSA) is 60.0 Å². The molecule has 0 N–H and O–H groups in total. The van der Waals surface area contributed by atoms with Gasteiger partial charge < -0.3 is 9.64 Å². The molecule has 1 aliphatic rings. The van der Waals surface area contributed by atoms with Crippen LogP contribution in [0.5, 0.6) is 0 Å². The van der Waals surface area contributed by atoms with Gasteiger partial charge in [-0.15, -0.1) is 0 Å². The van der Waals surface area contributed by atoms with Gasteiger partial charge >= 0.3 is 0 Å². The molecule has 1 aromatic rings. The van der Waals surface area contributed by atoms with Crippen LogP contribution in [0.15, 0.2) is 41.8 Å². The van der Waals surface area contributed by atoms with Crippen molar-refractivity contribution in [2.45, 2.75) is 25.5 Å². The molecule has 4 heteroatoms. The third-order valence-corrected chi connectivity index (χ3v) is 3.39. The molecule has 4 nitrogen and oxygen atoms in total. The maximum atomic E-state index is 8.98. The molecule has 0 unspecified atom stereocenters. The molecule has 0 amide bonds. The van der Waals surface area contributed by atoms with E-state index in [1.807, 2.05) is 54.4 Å². The summed E-state index contributed by atoms with van der Waals surface area (Å²) in [6, 6.07) is 13.8. The van der Waals surface area contributed by atoms with Crippen LogP contribution in [-0.4, -0.2) is 18.0 Å². The fourth-order valence-electron chi connectivity index (χ4n) is 2.41. The smallest absolute Gasteiger partial charge is 0.219 e. The van der Waals surface area contributed by atoms with E-state index in [0.29, 0.717) is 5.88 Å². The highest BCUT2D eigenvalue weighted by molar-refractivity contribution is 5.39. The van der Waals surface area contributed by atoms with Gasteiger partial charge in [-0.2, -0.15) is 10.5 Å². The third-order valence-electron chi connectivity index (χ3n) is 3.39. The summed E-state index contributed by atoms with van der Waals surface area (Å²) in [6.45, 7) is 2.07. The Kier molecular flexibility index (Phi) is 3.73. The lowest BCUT2D eigenvalue weighted by atomic mass is 10.0. The molecule has 1 fully saturated rings. The Morgan fingerprint density at radius 3 is 2.42 bits per heavy atom. The summed E-state index contributed by atoms with van der Waals surface area (Å²) in [7, 11) is 1.86. The molecule has 96 valence electrons. The number of rotatable bonds is 2. The van der Waals surface area contributed by atoms with Gasteiger partial charge in [-0.25, -0.2) is 0 Å². The van der Waals surface area contributed by atoms with Crippen molar-refractivity contribution in [3.8, 4) is 12.1 Å². The van der Waals surface area contributed by atoms with Gasteiger partial charge in [0.2, 0.25) is 5.88 Å². The average Bonchev–Trinajstić information content (AvgIpc) is 2.78. The molecule has 0 bridgehead atoms. The number of hydrogen-bond donors (Lipinski definition) is 0. The van der Waals surface area contributed by atoms with E-state index < -0.39 is 0 Å². The predicted octanol–water partition coefficient (Wildman–Crippen LogP) is 2.73. The van der Waals surface area contributed by atoms with Crippen LogP contribution in [0.25, 0.3) is 0 Å². The van der Waals surface area contributed by atoms with Gasteiger partial charge in [0.1, 0.15) is 18.2 Å². The van der Waals surface area contributed by atoms with Gasteiger partial charge in [-0.1, -0.05) is 37.3 Å². The van der Waals surface area contributed by atoms with Crippen LogP contribution in [0, 0.1) is 22.7 Å². The molecule has 0 saturated carbocycles. The lowest BCUT2D eigenvalue weighted by Crippen LogP contribution is -2.27. The van der Waals surface area contributed by atoms with Crippen molar-refractivity contribution in [3.63, 3.8) is 0 Å². The van der Waals surface area contributed by atoms with Gasteiger partial charge in [-0.3, -0.25) is 0 Å². The normalized spacial score (nSPS) is 21.5. The second-order valence-electron chi connectivity index (χ2n) is 4.44. The Morgan fingerprint density at radius 2 is 1.89 bits per heavy atom. The van der Waals surface area contributed by atoms with Crippen molar-refractivity contribution in [2.75, 3.05) is 7.05 Å². The van der Waals surface area contributed by atoms with Crippen LogP contribution in [0.3, 0.4) is 0 Å². The van der Waals surface area contributed by atoms with Crippen LogP contribution in [0.4, 0.5) is 0 Å². The van der Waals surface area contributed by atoms with Crippen molar-refractivity contribution in [3.05, 3.63) is 47.4 Å². The van der Waals surface area contributed by atoms with Gasteiger partial charge in [0.15, 0.2) is 5.57 Å². The van der Waals surface area contributed by atoms with E-state index in [-0.39, 0.29) is 17.7 Å². The third kappa shape index (κ3) is 2.26. The molecular formula is C15H15N3O. The van der Waals surface area contributed by atoms with Crippen LogP contribution < -0.4 is 0 Å². The first-order valence-corrected chi connectivity index (χ1v) is 6.21. The van der Waals surface area contributed by atoms with Crippen LogP contribution in [0.1, 0.15) is 25.0 Å². The van der Waals surface area contributed by atoms with Gasteiger partial charge in [0.25, 0.3) is 0 Å². The van der Waals surface area contributed by atoms with E-state index >= 15 is 0 Å². The maximum Gasteiger partial charge on any atom is 0.219 e. The Bertz CT molecular complexity index is 549. The second-order valence-corrected chi connectivity index (χ2v) is 4.44. The Balaban J connectivity index is 2.42. The molecule has 19 heavy (non-hydrogen) atoms. The molecule has 2 atom stereocenters. The zero-order valence-corrected chi connectivity index (χ0v) is 11.0. The summed E-state index contributed by atoms with van der Waals surface area (Å²) in [5, 5.41) is 18.0. The summed E-state index contributed by atoms with van der Waals surface area (Å²) in [5.41, 5.74) is 1.09. The molecule has 1 aromatic carbocycles. The summed E-state index contributed by atoms with van der Waals surface area (Å²) < 4.78 is 5.87. The maximum absolute atomic E-state index is 8.98. The molecular weight excluding hydrogens is 238 g/mol. The predicted molar refractivity (Wildman–Crippen MR) is 70.4 cm³/mol. The van der Waals surface area contributed by atoms with E-state index in [0.717, 1.165) is 12.0 Å². The summed E-state index contributed by atoms with van der Waals surface area (Å²) >= 11 is 0. The van der Waals surface area contributed by atoms with Crippen molar-refractivity contribution >= 4 is 0 Å². The Morgan fingerprint density at radius 1 is 1.26 bits per heavy atom. The van der Waals surface area contributed by atoms with Crippen LogP contribution >= 0.6 is 0 Å².